The smallest absolute Gasteiger partial charge is 0.273 e. The summed E-state index contributed by atoms with van der Waals surface area (Å²) in [4.78, 5) is 23.3. The van der Waals surface area contributed by atoms with Crippen LogP contribution >= 0.6 is 11.3 Å². The van der Waals surface area contributed by atoms with Crippen molar-refractivity contribution in [2.24, 2.45) is 11.8 Å². The van der Waals surface area contributed by atoms with Crippen molar-refractivity contribution in [1.82, 2.24) is 19.4 Å². The molecule has 2 aromatic rings. The summed E-state index contributed by atoms with van der Waals surface area (Å²) in [6.45, 7) is 5.59. The topological polar surface area (TPSA) is 60.2 Å². The highest BCUT2D eigenvalue weighted by atomic mass is 32.1. The number of aromatic nitrogens is 3. The molecule has 1 amide bonds. The van der Waals surface area contributed by atoms with Crippen molar-refractivity contribution in [2.75, 3.05) is 19.8 Å². The third-order valence-electron chi connectivity index (χ3n) is 4.61. The van der Waals surface area contributed by atoms with Crippen LogP contribution in [0.5, 0.6) is 0 Å². The van der Waals surface area contributed by atoms with Gasteiger partial charge in [0.1, 0.15) is 5.69 Å². The Morgan fingerprint density at radius 2 is 2.17 bits per heavy atom. The molecule has 0 bridgehead atoms. The van der Waals surface area contributed by atoms with Gasteiger partial charge in [0, 0.05) is 37.2 Å². The van der Waals surface area contributed by atoms with Gasteiger partial charge in [-0.2, -0.15) is 0 Å². The Bertz CT molecular complexity index is 722. The quantitative estimate of drug-likeness (QED) is 0.834. The molecule has 1 saturated carbocycles. The second kappa shape index (κ2) is 6.64. The maximum atomic E-state index is 12.8. The SMILES string of the molecule is Cc1nc(C(=O)N2Cc3cncn3CC(COCC3CC3)C2)cs1. The lowest BCUT2D eigenvalue weighted by molar-refractivity contribution is 0.0568. The number of imidazole rings is 1. The van der Waals surface area contributed by atoms with Crippen LogP contribution in [0.1, 0.15) is 34.0 Å². The van der Waals surface area contributed by atoms with Gasteiger partial charge < -0.3 is 14.2 Å². The molecule has 128 valence electrons. The molecule has 1 atom stereocenters. The zero-order valence-electron chi connectivity index (χ0n) is 13.9. The minimum Gasteiger partial charge on any atom is -0.381 e. The van der Waals surface area contributed by atoms with Crippen molar-refractivity contribution >= 4 is 17.2 Å². The molecule has 0 aromatic carbocycles. The third-order valence-corrected chi connectivity index (χ3v) is 5.39. The molecule has 6 nitrogen and oxygen atoms in total. The van der Waals surface area contributed by atoms with Crippen molar-refractivity contribution in [2.45, 2.75) is 32.9 Å². The minimum atomic E-state index is 0.00110. The molecule has 1 aliphatic heterocycles. The van der Waals surface area contributed by atoms with Crippen molar-refractivity contribution in [3.05, 3.63) is 34.3 Å². The highest BCUT2D eigenvalue weighted by molar-refractivity contribution is 7.09. The van der Waals surface area contributed by atoms with Gasteiger partial charge in [0.2, 0.25) is 0 Å². The summed E-state index contributed by atoms with van der Waals surface area (Å²) in [5, 5.41) is 2.76. The first-order chi connectivity index (χ1) is 11.7. The molecule has 2 aliphatic rings. The van der Waals surface area contributed by atoms with E-state index < -0.39 is 0 Å². The van der Waals surface area contributed by atoms with Gasteiger partial charge in [-0.25, -0.2) is 9.97 Å². The molecule has 1 aliphatic carbocycles. The van der Waals surface area contributed by atoms with Gasteiger partial charge in [0.15, 0.2) is 0 Å². The van der Waals surface area contributed by atoms with E-state index in [9.17, 15) is 4.79 Å². The van der Waals surface area contributed by atoms with E-state index in [0.29, 0.717) is 25.4 Å². The lowest BCUT2D eigenvalue weighted by Crippen LogP contribution is -2.35. The normalized spacial score (nSPS) is 20.7. The number of thiazole rings is 1. The van der Waals surface area contributed by atoms with Crippen LogP contribution in [-0.4, -0.2) is 45.1 Å². The maximum Gasteiger partial charge on any atom is 0.273 e. The highest BCUT2D eigenvalue weighted by Gasteiger charge is 2.28. The second-order valence-electron chi connectivity index (χ2n) is 6.82. The molecule has 7 heteroatoms. The number of ether oxygens (including phenoxy) is 1. The zero-order valence-corrected chi connectivity index (χ0v) is 14.7. The predicted octanol–water partition coefficient (Wildman–Crippen LogP) is 2.35. The summed E-state index contributed by atoms with van der Waals surface area (Å²) < 4.78 is 8.04. The van der Waals surface area contributed by atoms with Crippen LogP contribution in [0, 0.1) is 18.8 Å². The van der Waals surface area contributed by atoms with Crippen LogP contribution in [0.2, 0.25) is 0 Å². The van der Waals surface area contributed by atoms with Crippen LogP contribution in [0.15, 0.2) is 17.9 Å². The van der Waals surface area contributed by atoms with Crippen molar-refractivity contribution < 1.29 is 9.53 Å². The highest BCUT2D eigenvalue weighted by Crippen LogP contribution is 2.29. The summed E-state index contributed by atoms with van der Waals surface area (Å²) in [5.74, 6) is 1.04. The number of fused-ring (bicyclic) bond motifs is 1. The summed E-state index contributed by atoms with van der Waals surface area (Å²) in [6.07, 6.45) is 6.29. The van der Waals surface area contributed by atoms with Gasteiger partial charge in [0.25, 0.3) is 5.91 Å². The molecule has 0 saturated heterocycles. The minimum absolute atomic E-state index is 0.00110. The summed E-state index contributed by atoms with van der Waals surface area (Å²) in [6, 6.07) is 0. The number of hydrogen-bond donors (Lipinski definition) is 0. The molecule has 4 rings (SSSR count). The van der Waals surface area contributed by atoms with Gasteiger partial charge >= 0.3 is 0 Å². The average molecular weight is 346 g/mol. The second-order valence-corrected chi connectivity index (χ2v) is 7.88. The number of carbonyl (C=O) groups excluding carboxylic acids is 1. The number of carbonyl (C=O) groups is 1. The van der Waals surface area contributed by atoms with E-state index in [-0.39, 0.29) is 11.8 Å². The van der Waals surface area contributed by atoms with Crippen LogP contribution in [0.25, 0.3) is 0 Å². The monoisotopic (exact) mass is 346 g/mol. The van der Waals surface area contributed by atoms with Crippen LogP contribution < -0.4 is 0 Å². The number of aryl methyl sites for hydroxylation is 1. The largest absolute Gasteiger partial charge is 0.381 e. The van der Waals surface area contributed by atoms with Gasteiger partial charge in [-0.3, -0.25) is 4.79 Å². The van der Waals surface area contributed by atoms with Crippen molar-refractivity contribution in [3.8, 4) is 0 Å². The third kappa shape index (κ3) is 3.52. The molecule has 24 heavy (non-hydrogen) atoms. The number of hydrogen-bond acceptors (Lipinski definition) is 5. The van der Waals surface area contributed by atoms with Crippen LogP contribution in [-0.2, 0) is 17.8 Å². The Kier molecular flexibility index (Phi) is 4.37. The Morgan fingerprint density at radius 3 is 2.92 bits per heavy atom. The molecule has 0 radical (unpaired) electrons. The lowest BCUT2D eigenvalue weighted by atomic mass is 10.1. The molecule has 1 fully saturated rings. The molecular weight excluding hydrogens is 324 g/mol. The van der Waals surface area contributed by atoms with E-state index in [4.69, 9.17) is 4.74 Å². The lowest BCUT2D eigenvalue weighted by Gasteiger charge is -2.23. The Balaban J connectivity index is 1.48. The summed E-state index contributed by atoms with van der Waals surface area (Å²) >= 11 is 1.51. The Labute approximate surface area is 145 Å². The van der Waals surface area contributed by atoms with E-state index in [0.717, 1.165) is 29.8 Å². The van der Waals surface area contributed by atoms with Gasteiger partial charge in [0.05, 0.1) is 30.2 Å². The Morgan fingerprint density at radius 1 is 1.33 bits per heavy atom. The molecular formula is C17H22N4O2S. The Hall–Kier alpha value is -1.73. The van der Waals surface area contributed by atoms with E-state index in [2.05, 4.69) is 14.5 Å². The summed E-state index contributed by atoms with van der Waals surface area (Å²) in [5.41, 5.74) is 1.61. The van der Waals surface area contributed by atoms with Gasteiger partial charge in [-0.1, -0.05) is 0 Å². The molecule has 1 unspecified atom stereocenters. The summed E-state index contributed by atoms with van der Waals surface area (Å²) in [7, 11) is 0. The van der Waals surface area contributed by atoms with Crippen molar-refractivity contribution in [3.63, 3.8) is 0 Å². The number of nitrogens with zero attached hydrogens (tertiary/aromatic N) is 4. The molecule has 0 N–H and O–H groups in total. The zero-order chi connectivity index (χ0) is 16.5. The van der Waals surface area contributed by atoms with Crippen LogP contribution in [0.4, 0.5) is 0 Å². The van der Waals surface area contributed by atoms with E-state index in [1.807, 2.05) is 29.7 Å². The van der Waals surface area contributed by atoms with Gasteiger partial charge in [-0.15, -0.1) is 11.3 Å². The maximum absolute atomic E-state index is 12.8. The van der Waals surface area contributed by atoms with Crippen molar-refractivity contribution in [1.29, 1.82) is 0 Å². The number of rotatable bonds is 5. The average Bonchev–Trinajstić information content (AvgIpc) is 3.19. The molecule has 0 spiro atoms. The first-order valence-corrected chi connectivity index (χ1v) is 9.35. The molecule has 3 heterocycles. The molecule has 2 aromatic heterocycles. The van der Waals surface area contributed by atoms with E-state index in [1.165, 1.54) is 24.2 Å². The van der Waals surface area contributed by atoms with Crippen LogP contribution in [0.3, 0.4) is 0 Å². The first-order valence-electron chi connectivity index (χ1n) is 8.47. The fraction of sp³-hybridized carbons (Fsp3) is 0.588. The fourth-order valence-corrected chi connectivity index (χ4v) is 3.71. The number of amides is 1. The predicted molar refractivity (Wildman–Crippen MR) is 90.9 cm³/mol. The first kappa shape index (κ1) is 15.8. The van der Waals surface area contributed by atoms with E-state index >= 15 is 0 Å². The van der Waals surface area contributed by atoms with Gasteiger partial charge in [-0.05, 0) is 25.7 Å². The fourth-order valence-electron chi connectivity index (χ4n) is 3.12. The van der Waals surface area contributed by atoms with E-state index in [1.54, 1.807) is 0 Å². The standard InChI is InChI=1S/C17H22N4O2S/c1-12-19-16(10-24-12)17(22)20-5-14(9-23-8-13-2-3-13)6-21-11-18-4-15(21)7-20/h4,10-11,13-14H,2-3,5-9H2,1H3.